The first kappa shape index (κ1) is 11.2. The maximum atomic E-state index is 5.52. The number of aromatic amines is 1. The van der Waals surface area contributed by atoms with E-state index < -0.39 is 0 Å². The Bertz CT molecular complexity index is 328. The minimum absolute atomic E-state index is 0.391. The van der Waals surface area contributed by atoms with E-state index >= 15 is 0 Å². The lowest BCUT2D eigenvalue weighted by molar-refractivity contribution is 0.217. The number of piperidine rings is 1. The number of hydrogen-bond donors (Lipinski definition) is 2. The second kappa shape index (κ2) is 4.69. The molecule has 16 heavy (non-hydrogen) atoms. The molecule has 1 saturated heterocycles. The molecule has 6 heteroatoms. The fourth-order valence-electron chi connectivity index (χ4n) is 2.17. The molecule has 0 radical (unpaired) electrons. The van der Waals surface area contributed by atoms with Crippen molar-refractivity contribution in [2.24, 2.45) is 0 Å². The van der Waals surface area contributed by atoms with Crippen LogP contribution < -0.4 is 10.6 Å². The van der Waals surface area contributed by atoms with Crippen LogP contribution >= 0.6 is 0 Å². The van der Waals surface area contributed by atoms with Gasteiger partial charge >= 0.3 is 0 Å². The molecule has 0 bridgehead atoms. The summed E-state index contributed by atoms with van der Waals surface area (Å²) in [6.45, 7) is 5.32. The molecule has 0 amide bonds. The summed E-state index contributed by atoms with van der Waals surface area (Å²) in [4.78, 5) is 8.74. The van der Waals surface area contributed by atoms with Crippen LogP contribution in [0.1, 0.15) is 19.8 Å². The number of nitrogens with two attached hydrogens (primary N) is 1. The van der Waals surface area contributed by atoms with Crippen molar-refractivity contribution in [1.29, 1.82) is 0 Å². The third-order valence-electron chi connectivity index (χ3n) is 3.36. The number of nitrogens with one attached hydrogen (secondary N) is 1. The van der Waals surface area contributed by atoms with Crippen LogP contribution in [-0.4, -0.2) is 52.8 Å². The first-order valence-electron chi connectivity index (χ1n) is 5.83. The molecule has 2 heterocycles. The second-order valence-electron chi connectivity index (χ2n) is 4.31. The van der Waals surface area contributed by atoms with Gasteiger partial charge in [-0.25, -0.2) is 5.10 Å². The fraction of sp³-hybridized carbons (Fsp3) is 0.800. The molecule has 0 aliphatic carbocycles. The van der Waals surface area contributed by atoms with Crippen molar-refractivity contribution in [2.75, 3.05) is 37.3 Å². The average molecular weight is 224 g/mol. The van der Waals surface area contributed by atoms with E-state index in [4.69, 9.17) is 5.73 Å². The lowest BCUT2D eigenvalue weighted by Gasteiger charge is -2.35. The van der Waals surface area contributed by atoms with Crippen LogP contribution in [0.25, 0.3) is 0 Å². The molecule has 0 saturated carbocycles. The summed E-state index contributed by atoms with van der Waals surface area (Å²) >= 11 is 0. The van der Waals surface area contributed by atoms with E-state index in [1.165, 1.54) is 12.8 Å². The molecular weight excluding hydrogens is 204 g/mol. The number of rotatable bonds is 3. The Morgan fingerprint density at radius 2 is 2.19 bits per heavy atom. The van der Waals surface area contributed by atoms with Crippen LogP contribution in [0.4, 0.5) is 11.9 Å². The first-order chi connectivity index (χ1) is 7.70. The molecule has 1 aromatic heterocycles. The highest BCUT2D eigenvalue weighted by Gasteiger charge is 2.23. The molecule has 0 spiro atoms. The lowest BCUT2D eigenvalue weighted by atomic mass is 10.0. The minimum atomic E-state index is 0.391. The Hall–Kier alpha value is -1.30. The number of hydrogen-bond acceptors (Lipinski definition) is 5. The van der Waals surface area contributed by atoms with Gasteiger partial charge in [-0.1, -0.05) is 6.92 Å². The van der Waals surface area contributed by atoms with Gasteiger partial charge in [0.25, 0.3) is 0 Å². The van der Waals surface area contributed by atoms with E-state index in [1.54, 1.807) is 0 Å². The van der Waals surface area contributed by atoms with E-state index in [1.807, 2.05) is 0 Å². The lowest BCUT2D eigenvalue weighted by Crippen LogP contribution is -2.43. The van der Waals surface area contributed by atoms with Crippen LogP contribution in [-0.2, 0) is 0 Å². The molecule has 1 aliphatic heterocycles. The largest absolute Gasteiger partial charge is 0.368 e. The number of anilines is 2. The Morgan fingerprint density at radius 3 is 2.69 bits per heavy atom. The van der Waals surface area contributed by atoms with Gasteiger partial charge in [-0.2, -0.15) is 4.98 Å². The summed E-state index contributed by atoms with van der Waals surface area (Å²) in [7, 11) is 2.19. The van der Waals surface area contributed by atoms with Gasteiger partial charge in [0.1, 0.15) is 0 Å². The molecule has 1 fully saturated rings. The Morgan fingerprint density at radius 1 is 1.50 bits per heavy atom. The Balaban J connectivity index is 1.90. The number of nitrogens with zero attached hydrogens (tertiary/aromatic N) is 4. The minimum Gasteiger partial charge on any atom is -0.368 e. The average Bonchev–Trinajstić information content (AvgIpc) is 2.75. The van der Waals surface area contributed by atoms with Gasteiger partial charge in [0.15, 0.2) is 0 Å². The molecule has 2 rings (SSSR count). The maximum absolute atomic E-state index is 5.52. The van der Waals surface area contributed by atoms with Gasteiger partial charge in [0.05, 0.1) is 0 Å². The van der Waals surface area contributed by atoms with Crippen molar-refractivity contribution >= 4 is 11.9 Å². The van der Waals surface area contributed by atoms with E-state index in [-0.39, 0.29) is 0 Å². The van der Waals surface area contributed by atoms with Gasteiger partial charge in [-0.3, -0.25) is 0 Å². The highest BCUT2D eigenvalue weighted by Crippen LogP contribution is 2.19. The van der Waals surface area contributed by atoms with Crippen LogP contribution in [0, 0.1) is 0 Å². The maximum Gasteiger partial charge on any atom is 0.246 e. The van der Waals surface area contributed by atoms with Crippen LogP contribution in [0.3, 0.4) is 0 Å². The van der Waals surface area contributed by atoms with E-state index in [9.17, 15) is 0 Å². The molecule has 90 valence electrons. The zero-order chi connectivity index (χ0) is 11.5. The fourth-order valence-corrected chi connectivity index (χ4v) is 2.17. The van der Waals surface area contributed by atoms with Gasteiger partial charge < -0.3 is 15.5 Å². The van der Waals surface area contributed by atoms with Crippen LogP contribution in [0.15, 0.2) is 0 Å². The van der Waals surface area contributed by atoms with Crippen molar-refractivity contribution in [3.05, 3.63) is 0 Å². The SMILES string of the molecule is CCN(C)C1CCN(c2n[nH]c(N)n2)CC1. The Kier molecular flexibility index (Phi) is 3.28. The third-order valence-corrected chi connectivity index (χ3v) is 3.36. The molecule has 3 N–H and O–H groups in total. The smallest absolute Gasteiger partial charge is 0.246 e. The summed E-state index contributed by atoms with van der Waals surface area (Å²) < 4.78 is 0. The standard InChI is InChI=1S/C10H20N6/c1-3-15(2)8-4-6-16(7-5-8)10-12-9(11)13-14-10/h8H,3-7H2,1-2H3,(H3,11,12,13,14). The van der Waals surface area contributed by atoms with Gasteiger partial charge in [0, 0.05) is 19.1 Å². The third kappa shape index (κ3) is 2.27. The normalized spacial score (nSPS) is 18.3. The van der Waals surface area contributed by atoms with E-state index in [0.29, 0.717) is 12.0 Å². The summed E-state index contributed by atoms with van der Waals surface area (Å²) in [5.74, 6) is 1.12. The zero-order valence-electron chi connectivity index (χ0n) is 9.98. The molecule has 6 nitrogen and oxygen atoms in total. The molecule has 1 aromatic rings. The number of nitrogen functional groups attached to an aromatic ring is 1. The first-order valence-corrected chi connectivity index (χ1v) is 5.83. The zero-order valence-corrected chi connectivity index (χ0v) is 9.98. The van der Waals surface area contributed by atoms with Gasteiger partial charge in [-0.05, 0) is 26.4 Å². The molecule has 1 aliphatic rings. The molecule has 0 atom stereocenters. The second-order valence-corrected chi connectivity index (χ2v) is 4.31. The van der Waals surface area contributed by atoms with Gasteiger partial charge in [0.2, 0.25) is 11.9 Å². The van der Waals surface area contributed by atoms with Crippen LogP contribution in [0.5, 0.6) is 0 Å². The van der Waals surface area contributed by atoms with Crippen molar-refractivity contribution in [3.63, 3.8) is 0 Å². The van der Waals surface area contributed by atoms with E-state index in [0.717, 1.165) is 25.6 Å². The van der Waals surface area contributed by atoms with E-state index in [2.05, 4.69) is 39.0 Å². The number of aromatic nitrogens is 3. The quantitative estimate of drug-likeness (QED) is 0.773. The predicted octanol–water partition coefficient (Wildman–Crippen LogP) is 0.307. The number of H-pyrrole nitrogens is 1. The van der Waals surface area contributed by atoms with Crippen LogP contribution in [0.2, 0.25) is 0 Å². The molecular formula is C10H20N6. The summed E-state index contributed by atoms with van der Waals surface area (Å²) in [5, 5.41) is 6.76. The van der Waals surface area contributed by atoms with Crippen molar-refractivity contribution in [3.8, 4) is 0 Å². The summed E-state index contributed by atoms with van der Waals surface area (Å²) in [5.41, 5.74) is 5.52. The predicted molar refractivity (Wildman–Crippen MR) is 64.3 cm³/mol. The summed E-state index contributed by atoms with van der Waals surface area (Å²) in [6.07, 6.45) is 2.33. The summed E-state index contributed by atoms with van der Waals surface area (Å²) in [6, 6.07) is 0.692. The molecule has 0 unspecified atom stereocenters. The van der Waals surface area contributed by atoms with Crippen molar-refractivity contribution in [2.45, 2.75) is 25.8 Å². The topological polar surface area (TPSA) is 74.1 Å². The highest BCUT2D eigenvalue weighted by molar-refractivity contribution is 5.34. The van der Waals surface area contributed by atoms with Crippen molar-refractivity contribution < 1.29 is 0 Å². The monoisotopic (exact) mass is 224 g/mol. The Labute approximate surface area is 95.8 Å². The molecule has 0 aromatic carbocycles. The highest BCUT2D eigenvalue weighted by atomic mass is 15.4. The van der Waals surface area contributed by atoms with Gasteiger partial charge in [-0.15, -0.1) is 5.10 Å². The van der Waals surface area contributed by atoms with Crippen molar-refractivity contribution in [1.82, 2.24) is 20.1 Å².